The molecule has 34 heavy (non-hydrogen) atoms. The third-order valence-corrected chi connectivity index (χ3v) is 5.59. The third-order valence-electron chi connectivity index (χ3n) is 5.59. The van der Waals surface area contributed by atoms with Crippen molar-refractivity contribution in [2.24, 2.45) is 17.6 Å². The van der Waals surface area contributed by atoms with E-state index in [4.69, 9.17) is 10.5 Å². The van der Waals surface area contributed by atoms with Gasteiger partial charge in [-0.3, -0.25) is 9.69 Å². The summed E-state index contributed by atoms with van der Waals surface area (Å²) in [5, 5.41) is 9.45. The van der Waals surface area contributed by atoms with Gasteiger partial charge in [-0.05, 0) is 48.1 Å². The Balaban J connectivity index is 2.77. The summed E-state index contributed by atoms with van der Waals surface area (Å²) >= 11 is 0. The maximum absolute atomic E-state index is 12.9. The molecular weight excluding hydrogens is 430 g/mol. The van der Waals surface area contributed by atoms with Crippen molar-refractivity contribution >= 4 is 29.1 Å². The Bertz CT molecular complexity index is 964. The highest BCUT2D eigenvalue weighted by Gasteiger charge is 2.26. The first-order valence-corrected chi connectivity index (χ1v) is 11.8. The topological polar surface area (TPSA) is 96.1 Å². The molecule has 0 saturated heterocycles. The van der Waals surface area contributed by atoms with Gasteiger partial charge in [-0.1, -0.05) is 52.0 Å². The molecule has 7 heteroatoms. The predicted molar refractivity (Wildman–Crippen MR) is 138 cm³/mol. The van der Waals surface area contributed by atoms with Crippen LogP contribution in [0.5, 0.6) is 0 Å². The number of nitrogens with zero attached hydrogens (tertiary/aromatic N) is 2. The molecule has 0 aromatic heterocycles. The van der Waals surface area contributed by atoms with Gasteiger partial charge in [-0.15, -0.1) is 0 Å². The molecule has 0 aliphatic heterocycles. The summed E-state index contributed by atoms with van der Waals surface area (Å²) in [4.78, 5) is 28.2. The van der Waals surface area contributed by atoms with Gasteiger partial charge >= 0.3 is 12.0 Å². The number of primary amides is 1. The highest BCUT2D eigenvalue weighted by atomic mass is 16.5. The summed E-state index contributed by atoms with van der Waals surface area (Å²) in [5.74, 6) is -0.454. The fourth-order valence-electron chi connectivity index (χ4n) is 4.26. The van der Waals surface area contributed by atoms with E-state index in [9.17, 15) is 14.7 Å². The second-order valence-electron chi connectivity index (χ2n) is 9.65. The first kappa shape index (κ1) is 27.2. The second-order valence-corrected chi connectivity index (χ2v) is 9.65. The van der Waals surface area contributed by atoms with Crippen LogP contribution >= 0.6 is 0 Å². The number of rotatable bonds is 12. The lowest BCUT2D eigenvalue weighted by Gasteiger charge is -2.34. The summed E-state index contributed by atoms with van der Waals surface area (Å²) in [6.45, 7) is 12.5. The van der Waals surface area contributed by atoms with Crippen LogP contribution in [0.25, 0.3) is 0 Å². The van der Waals surface area contributed by atoms with Crippen molar-refractivity contribution in [2.45, 2.75) is 47.0 Å². The minimum Gasteiger partial charge on any atom is -0.481 e. The van der Waals surface area contributed by atoms with Crippen molar-refractivity contribution in [3.05, 3.63) is 53.6 Å². The largest absolute Gasteiger partial charge is 0.481 e. The van der Waals surface area contributed by atoms with Crippen LogP contribution in [0.2, 0.25) is 0 Å². The number of carboxylic acids is 1. The monoisotopic (exact) mass is 469 g/mol. The first-order chi connectivity index (χ1) is 16.0. The van der Waals surface area contributed by atoms with E-state index < -0.39 is 12.0 Å². The van der Waals surface area contributed by atoms with E-state index >= 15 is 0 Å². The van der Waals surface area contributed by atoms with E-state index in [2.05, 4.69) is 32.6 Å². The lowest BCUT2D eigenvalue weighted by atomic mass is 9.94. The van der Waals surface area contributed by atoms with E-state index in [-0.39, 0.29) is 18.9 Å². The fourth-order valence-corrected chi connectivity index (χ4v) is 4.26. The Kier molecular flexibility index (Phi) is 9.93. The molecule has 1 unspecified atom stereocenters. The SMILES string of the molecule is COCC(CC(=O)O)c1ccc(N(CC(C)C)CC(C)C)c(N(C(N)=O)c2ccccc2C)c1. The number of amides is 2. The number of ether oxygens (including phenoxy) is 1. The number of aryl methyl sites for hydroxylation is 1. The highest BCUT2D eigenvalue weighted by Crippen LogP contribution is 2.39. The van der Waals surface area contributed by atoms with Gasteiger partial charge < -0.3 is 20.5 Å². The van der Waals surface area contributed by atoms with Crippen LogP contribution < -0.4 is 15.5 Å². The van der Waals surface area contributed by atoms with Gasteiger partial charge in [0.15, 0.2) is 0 Å². The smallest absolute Gasteiger partial charge is 0.323 e. The van der Waals surface area contributed by atoms with Crippen LogP contribution in [0.4, 0.5) is 21.9 Å². The average Bonchev–Trinajstić information content (AvgIpc) is 2.73. The molecular formula is C27H39N3O4. The Labute approximate surface area is 203 Å². The number of carboxylic acid groups (broad SMARTS) is 1. The number of carbonyl (C=O) groups excluding carboxylic acids is 1. The first-order valence-electron chi connectivity index (χ1n) is 11.8. The molecule has 3 N–H and O–H groups in total. The molecule has 2 rings (SSSR count). The predicted octanol–water partition coefficient (Wildman–Crippen LogP) is 5.53. The van der Waals surface area contributed by atoms with Gasteiger partial charge in [0.1, 0.15) is 0 Å². The minimum absolute atomic E-state index is 0.0741. The van der Waals surface area contributed by atoms with Crippen molar-refractivity contribution in [3.8, 4) is 0 Å². The Morgan fingerprint density at radius 1 is 0.971 bits per heavy atom. The molecule has 186 valence electrons. The minimum atomic E-state index is -0.903. The molecule has 1 atom stereocenters. The Hall–Kier alpha value is -3.06. The molecule has 0 bridgehead atoms. The number of hydrogen-bond donors (Lipinski definition) is 2. The number of methoxy groups -OCH3 is 1. The molecule has 0 aliphatic carbocycles. The molecule has 0 radical (unpaired) electrons. The van der Waals surface area contributed by atoms with Crippen LogP contribution in [0, 0.1) is 18.8 Å². The highest BCUT2D eigenvalue weighted by molar-refractivity contribution is 6.02. The van der Waals surface area contributed by atoms with Crippen molar-refractivity contribution in [3.63, 3.8) is 0 Å². The molecule has 7 nitrogen and oxygen atoms in total. The summed E-state index contributed by atoms with van der Waals surface area (Å²) < 4.78 is 5.31. The molecule has 0 saturated carbocycles. The summed E-state index contributed by atoms with van der Waals surface area (Å²) in [6.07, 6.45) is -0.0741. The van der Waals surface area contributed by atoms with E-state index in [0.717, 1.165) is 29.9 Å². The van der Waals surface area contributed by atoms with Gasteiger partial charge in [0.05, 0.1) is 30.1 Å². The van der Waals surface area contributed by atoms with Crippen molar-refractivity contribution < 1.29 is 19.4 Å². The number of nitrogens with two attached hydrogens (primary N) is 1. The van der Waals surface area contributed by atoms with E-state index in [1.54, 1.807) is 7.11 Å². The van der Waals surface area contributed by atoms with Crippen molar-refractivity contribution in [1.29, 1.82) is 0 Å². The second kappa shape index (κ2) is 12.4. The van der Waals surface area contributed by atoms with E-state index in [1.165, 1.54) is 4.90 Å². The molecule has 2 aromatic carbocycles. The quantitative estimate of drug-likeness (QED) is 0.426. The molecule has 0 fully saturated rings. The maximum Gasteiger partial charge on any atom is 0.323 e. The Morgan fingerprint density at radius 3 is 2.09 bits per heavy atom. The molecule has 2 aromatic rings. The normalized spacial score (nSPS) is 12.1. The number of carbonyl (C=O) groups is 2. The van der Waals surface area contributed by atoms with Crippen molar-refractivity contribution in [1.82, 2.24) is 0 Å². The zero-order valence-corrected chi connectivity index (χ0v) is 21.2. The van der Waals surface area contributed by atoms with Crippen molar-refractivity contribution in [2.75, 3.05) is 36.6 Å². The molecule has 0 heterocycles. The summed E-state index contributed by atoms with van der Waals surface area (Å²) in [5.41, 5.74) is 9.89. The number of para-hydroxylation sites is 1. The molecule has 0 aliphatic rings. The summed E-state index contributed by atoms with van der Waals surface area (Å²) in [6, 6.07) is 12.8. The van der Waals surface area contributed by atoms with Gasteiger partial charge in [0.2, 0.25) is 0 Å². The molecule has 2 amide bonds. The Morgan fingerprint density at radius 2 is 1.59 bits per heavy atom. The van der Waals surface area contributed by atoms with E-state index in [1.807, 2.05) is 49.4 Å². The number of hydrogen-bond acceptors (Lipinski definition) is 4. The van der Waals surface area contributed by atoms with Crippen LogP contribution in [-0.4, -0.2) is 43.9 Å². The van der Waals surface area contributed by atoms with Gasteiger partial charge in [-0.25, -0.2) is 4.79 Å². The third kappa shape index (κ3) is 7.22. The lowest BCUT2D eigenvalue weighted by Crippen LogP contribution is -2.36. The van der Waals surface area contributed by atoms with Crippen LogP contribution in [0.3, 0.4) is 0 Å². The zero-order valence-electron chi connectivity index (χ0n) is 21.2. The van der Waals surface area contributed by atoms with Gasteiger partial charge in [-0.2, -0.15) is 0 Å². The van der Waals surface area contributed by atoms with E-state index in [0.29, 0.717) is 23.2 Å². The zero-order chi connectivity index (χ0) is 25.4. The number of anilines is 3. The van der Waals surface area contributed by atoms with Crippen LogP contribution in [0.1, 0.15) is 51.2 Å². The van der Waals surface area contributed by atoms with Crippen LogP contribution in [0.15, 0.2) is 42.5 Å². The average molecular weight is 470 g/mol. The number of aliphatic carboxylic acids is 1. The van der Waals surface area contributed by atoms with Crippen LogP contribution in [-0.2, 0) is 9.53 Å². The summed E-state index contributed by atoms with van der Waals surface area (Å²) in [7, 11) is 1.56. The standard InChI is InChI=1S/C27H39N3O4/c1-18(2)15-29(16-19(3)4)24-12-11-21(22(17-34-6)14-26(31)32)13-25(24)30(27(28)33)23-10-8-7-9-20(23)5/h7-13,18-19,22H,14-17H2,1-6H3,(H2,28,33)(H,31,32). The number of urea groups is 1. The molecule has 0 spiro atoms. The van der Waals surface area contributed by atoms with Gasteiger partial charge in [0, 0.05) is 26.1 Å². The number of benzene rings is 2. The lowest BCUT2D eigenvalue weighted by molar-refractivity contribution is -0.137. The van der Waals surface area contributed by atoms with Gasteiger partial charge in [0.25, 0.3) is 0 Å². The maximum atomic E-state index is 12.9. The fraction of sp³-hybridized carbons (Fsp3) is 0.481.